The van der Waals surface area contributed by atoms with Crippen molar-refractivity contribution in [2.45, 2.75) is 12.5 Å². The second-order valence-electron chi connectivity index (χ2n) is 1.84. The average Bonchev–Trinajstić information content (AvgIpc) is 1.90. The van der Waals surface area contributed by atoms with Crippen LogP contribution in [0.5, 0.6) is 0 Å². The molecule has 3 nitrogen and oxygen atoms in total. The molecule has 1 atom stereocenters. The monoisotopic (exact) mass is 117 g/mol. The summed E-state index contributed by atoms with van der Waals surface area (Å²) in [6, 6.07) is 0. The third kappa shape index (κ3) is 1.43. The summed E-state index contributed by atoms with van der Waals surface area (Å²) in [5, 5.41) is 0. The van der Waals surface area contributed by atoms with Crippen LogP contribution in [0.25, 0.3) is 0 Å². The number of rotatable bonds is 1. The van der Waals surface area contributed by atoms with Gasteiger partial charge in [-0.15, -0.1) is 0 Å². The van der Waals surface area contributed by atoms with Crippen molar-refractivity contribution in [1.82, 2.24) is 0 Å². The van der Waals surface area contributed by atoms with Crippen molar-refractivity contribution in [2.24, 2.45) is 5.73 Å². The fraction of sp³-hybridized carbons (Fsp3) is 1.00. The largest absolute Gasteiger partial charge is 0.355 e. The van der Waals surface area contributed by atoms with Crippen molar-refractivity contribution in [1.29, 1.82) is 0 Å². The molecule has 0 unspecified atom stereocenters. The molecule has 1 saturated heterocycles. The normalized spacial score (nSPS) is 30.4. The van der Waals surface area contributed by atoms with Gasteiger partial charge in [0, 0.05) is 6.54 Å². The van der Waals surface area contributed by atoms with Gasteiger partial charge in [-0.05, 0) is 6.42 Å². The average molecular weight is 117 g/mol. The minimum Gasteiger partial charge on any atom is -0.355 e. The fourth-order valence-electron chi connectivity index (χ4n) is 0.687. The topological polar surface area (TPSA) is 44.5 Å². The standard InChI is InChI=1S/C5H11NO2/c6-3-5-1-2-7-4-8-5/h5H,1-4,6H2/t5-/m1/s1. The lowest BCUT2D eigenvalue weighted by Crippen LogP contribution is -2.30. The van der Waals surface area contributed by atoms with Gasteiger partial charge < -0.3 is 15.2 Å². The van der Waals surface area contributed by atoms with Crippen molar-refractivity contribution >= 4 is 0 Å². The molecule has 0 radical (unpaired) electrons. The Kier molecular flexibility index (Phi) is 2.27. The molecule has 1 aliphatic rings. The molecule has 0 aromatic rings. The number of nitrogens with two attached hydrogens (primary N) is 1. The molecule has 3 heteroatoms. The van der Waals surface area contributed by atoms with E-state index in [1.54, 1.807) is 0 Å². The van der Waals surface area contributed by atoms with Crippen LogP contribution in [0, 0.1) is 0 Å². The summed E-state index contributed by atoms with van der Waals surface area (Å²) in [4.78, 5) is 0. The van der Waals surface area contributed by atoms with E-state index in [4.69, 9.17) is 15.2 Å². The smallest absolute Gasteiger partial charge is 0.147 e. The third-order valence-corrected chi connectivity index (χ3v) is 1.23. The Balaban J connectivity index is 2.13. The van der Waals surface area contributed by atoms with Gasteiger partial charge in [-0.2, -0.15) is 0 Å². The highest BCUT2D eigenvalue weighted by Crippen LogP contribution is 2.02. The van der Waals surface area contributed by atoms with Gasteiger partial charge in [0.2, 0.25) is 0 Å². The van der Waals surface area contributed by atoms with Crippen molar-refractivity contribution in [2.75, 3.05) is 19.9 Å². The summed E-state index contributed by atoms with van der Waals surface area (Å²) >= 11 is 0. The molecule has 1 fully saturated rings. The molecule has 0 spiro atoms. The Morgan fingerprint density at radius 1 is 1.62 bits per heavy atom. The second kappa shape index (κ2) is 3.02. The summed E-state index contributed by atoms with van der Waals surface area (Å²) in [7, 11) is 0. The van der Waals surface area contributed by atoms with E-state index in [2.05, 4.69) is 0 Å². The molecule has 2 N–H and O–H groups in total. The van der Waals surface area contributed by atoms with Gasteiger partial charge in [0.25, 0.3) is 0 Å². The number of ether oxygens (including phenoxy) is 2. The van der Waals surface area contributed by atoms with Gasteiger partial charge in [0.15, 0.2) is 0 Å². The molecular formula is C5H11NO2. The zero-order chi connectivity index (χ0) is 5.82. The van der Waals surface area contributed by atoms with Gasteiger partial charge in [-0.3, -0.25) is 0 Å². The van der Waals surface area contributed by atoms with Gasteiger partial charge >= 0.3 is 0 Å². The van der Waals surface area contributed by atoms with Crippen LogP contribution in [0.1, 0.15) is 6.42 Å². The van der Waals surface area contributed by atoms with E-state index >= 15 is 0 Å². The first kappa shape index (κ1) is 6.01. The maximum atomic E-state index is 5.32. The number of hydrogen-bond donors (Lipinski definition) is 1. The summed E-state index contributed by atoms with van der Waals surface area (Å²) in [6.07, 6.45) is 1.18. The molecule has 0 bridgehead atoms. The zero-order valence-corrected chi connectivity index (χ0v) is 4.80. The second-order valence-corrected chi connectivity index (χ2v) is 1.84. The summed E-state index contributed by atoms with van der Waals surface area (Å²) < 4.78 is 10.0. The van der Waals surface area contributed by atoms with Crippen LogP contribution in [0.2, 0.25) is 0 Å². The van der Waals surface area contributed by atoms with Crippen molar-refractivity contribution in [3.63, 3.8) is 0 Å². The van der Waals surface area contributed by atoms with Crippen LogP contribution in [0.15, 0.2) is 0 Å². The SMILES string of the molecule is NC[C@H]1CCOCO1. The highest BCUT2D eigenvalue weighted by molar-refractivity contribution is 4.58. The van der Waals surface area contributed by atoms with Crippen LogP contribution in [0.3, 0.4) is 0 Å². The predicted molar refractivity (Wildman–Crippen MR) is 29.4 cm³/mol. The van der Waals surface area contributed by atoms with E-state index in [-0.39, 0.29) is 6.10 Å². The minimum atomic E-state index is 0.240. The first-order chi connectivity index (χ1) is 3.93. The first-order valence-electron chi connectivity index (χ1n) is 2.83. The highest BCUT2D eigenvalue weighted by Gasteiger charge is 2.10. The molecule has 1 heterocycles. The molecule has 0 aliphatic carbocycles. The molecule has 0 aromatic carbocycles. The van der Waals surface area contributed by atoms with Crippen molar-refractivity contribution in [3.8, 4) is 0 Å². The Morgan fingerprint density at radius 3 is 2.88 bits per heavy atom. The maximum absolute atomic E-state index is 5.32. The summed E-state index contributed by atoms with van der Waals surface area (Å²) in [5.41, 5.74) is 5.32. The maximum Gasteiger partial charge on any atom is 0.147 e. The lowest BCUT2D eigenvalue weighted by Gasteiger charge is -2.20. The van der Waals surface area contributed by atoms with E-state index in [0.717, 1.165) is 13.0 Å². The minimum absolute atomic E-state index is 0.240. The Bertz CT molecular complexity index is 61.4. The third-order valence-electron chi connectivity index (χ3n) is 1.23. The van der Waals surface area contributed by atoms with Crippen molar-refractivity contribution < 1.29 is 9.47 Å². The molecular weight excluding hydrogens is 106 g/mol. The van der Waals surface area contributed by atoms with Crippen LogP contribution < -0.4 is 5.73 Å². The first-order valence-corrected chi connectivity index (χ1v) is 2.83. The van der Waals surface area contributed by atoms with Gasteiger partial charge in [0.05, 0.1) is 12.7 Å². The van der Waals surface area contributed by atoms with Crippen LogP contribution >= 0.6 is 0 Å². The fourth-order valence-corrected chi connectivity index (χ4v) is 0.687. The van der Waals surface area contributed by atoms with Gasteiger partial charge in [0.1, 0.15) is 6.79 Å². The lowest BCUT2D eigenvalue weighted by molar-refractivity contribution is -0.135. The van der Waals surface area contributed by atoms with Crippen molar-refractivity contribution in [3.05, 3.63) is 0 Å². The predicted octanol–water partition coefficient (Wildman–Crippen LogP) is -0.292. The molecule has 1 aliphatic heterocycles. The Hall–Kier alpha value is -0.120. The zero-order valence-electron chi connectivity index (χ0n) is 4.80. The van der Waals surface area contributed by atoms with E-state index in [1.807, 2.05) is 0 Å². The lowest BCUT2D eigenvalue weighted by atomic mass is 10.2. The van der Waals surface area contributed by atoms with Crippen LogP contribution in [0.4, 0.5) is 0 Å². The Morgan fingerprint density at radius 2 is 2.50 bits per heavy atom. The van der Waals surface area contributed by atoms with E-state index in [9.17, 15) is 0 Å². The quantitative estimate of drug-likeness (QED) is 0.513. The van der Waals surface area contributed by atoms with Crippen LogP contribution in [-0.2, 0) is 9.47 Å². The molecule has 48 valence electrons. The van der Waals surface area contributed by atoms with Crippen LogP contribution in [-0.4, -0.2) is 26.0 Å². The Labute approximate surface area is 48.8 Å². The highest BCUT2D eigenvalue weighted by atomic mass is 16.7. The molecule has 8 heavy (non-hydrogen) atoms. The van der Waals surface area contributed by atoms with Gasteiger partial charge in [-0.25, -0.2) is 0 Å². The van der Waals surface area contributed by atoms with Gasteiger partial charge in [-0.1, -0.05) is 0 Å². The molecule has 0 aromatic heterocycles. The summed E-state index contributed by atoms with van der Waals surface area (Å²) in [5.74, 6) is 0. The number of hydrogen-bond acceptors (Lipinski definition) is 3. The van der Waals surface area contributed by atoms with E-state index in [1.165, 1.54) is 0 Å². The molecule has 0 amide bonds. The molecule has 0 saturated carbocycles. The van der Waals surface area contributed by atoms with E-state index < -0.39 is 0 Å². The molecule has 1 rings (SSSR count). The summed E-state index contributed by atoms with van der Waals surface area (Å²) in [6.45, 7) is 1.83. The van der Waals surface area contributed by atoms with E-state index in [0.29, 0.717) is 13.3 Å².